The number of halogens is 1. The normalized spacial score (nSPS) is 12.5. The number of benzene rings is 1. The van der Waals surface area contributed by atoms with Gasteiger partial charge in [0, 0.05) is 16.9 Å². The van der Waals surface area contributed by atoms with Crippen molar-refractivity contribution in [2.75, 3.05) is 5.73 Å². The van der Waals surface area contributed by atoms with Gasteiger partial charge >= 0.3 is 0 Å². The molecule has 112 valence electrons. The lowest BCUT2D eigenvalue weighted by molar-refractivity contribution is 0.534. The van der Waals surface area contributed by atoms with Crippen molar-refractivity contribution in [1.29, 1.82) is 0 Å². The minimum atomic E-state index is -0.441. The Morgan fingerprint density at radius 2 is 1.52 bits per heavy atom. The van der Waals surface area contributed by atoms with E-state index in [2.05, 4.69) is 25.8 Å². The summed E-state index contributed by atoms with van der Waals surface area (Å²) in [6, 6.07) is 8.24. The Labute approximate surface area is 125 Å². The zero-order valence-electron chi connectivity index (χ0n) is 13.2. The van der Waals surface area contributed by atoms with Gasteiger partial charge in [0.15, 0.2) is 0 Å². The van der Waals surface area contributed by atoms with Crippen LogP contribution in [0.5, 0.6) is 0 Å². The van der Waals surface area contributed by atoms with Crippen molar-refractivity contribution in [3.8, 4) is 0 Å². The van der Waals surface area contributed by atoms with Gasteiger partial charge in [-0.3, -0.25) is 0 Å². The van der Waals surface area contributed by atoms with Crippen LogP contribution in [0.4, 0.5) is 10.2 Å². The van der Waals surface area contributed by atoms with Gasteiger partial charge in [0.25, 0.3) is 0 Å². The molecule has 0 amide bonds. The number of hydrogen-bond acceptors (Lipinski definition) is 3. The lowest BCUT2D eigenvalue weighted by Gasteiger charge is -2.26. The fraction of sp³-hybridized carbons (Fsp3) is 0.412. The van der Waals surface area contributed by atoms with Crippen molar-refractivity contribution in [2.45, 2.75) is 45.4 Å². The maximum Gasteiger partial charge on any atom is 0.140 e. The molecule has 1 aromatic heterocycles. The number of nitrogens with zero attached hydrogens (tertiary/aromatic N) is 2. The van der Waals surface area contributed by atoms with Gasteiger partial charge in [-0.15, -0.1) is 0 Å². The second-order valence-electron chi connectivity index (χ2n) is 6.88. The van der Waals surface area contributed by atoms with E-state index in [-0.39, 0.29) is 11.2 Å². The quantitative estimate of drug-likeness (QED) is 0.913. The van der Waals surface area contributed by atoms with Crippen LogP contribution in [0.25, 0.3) is 0 Å². The Kier molecular flexibility index (Phi) is 3.74. The van der Waals surface area contributed by atoms with E-state index in [0.717, 1.165) is 11.3 Å². The number of hydrogen-bond donors (Lipinski definition) is 1. The molecule has 0 unspecified atom stereocenters. The molecule has 1 aromatic carbocycles. The van der Waals surface area contributed by atoms with E-state index in [9.17, 15) is 4.39 Å². The fourth-order valence-electron chi connectivity index (χ4n) is 2.13. The Hall–Kier alpha value is -1.97. The lowest BCUT2D eigenvalue weighted by Crippen LogP contribution is -2.26. The van der Waals surface area contributed by atoms with Crippen LogP contribution in [-0.2, 0) is 10.8 Å². The van der Waals surface area contributed by atoms with Crippen LogP contribution in [0.1, 0.15) is 51.7 Å². The van der Waals surface area contributed by atoms with Gasteiger partial charge in [-0.2, -0.15) is 0 Å². The van der Waals surface area contributed by atoms with Gasteiger partial charge in [-0.25, -0.2) is 14.4 Å². The first-order valence-corrected chi connectivity index (χ1v) is 7.02. The summed E-state index contributed by atoms with van der Waals surface area (Å²) < 4.78 is 13.1. The average molecular weight is 287 g/mol. The highest BCUT2D eigenvalue weighted by molar-refractivity contribution is 5.38. The minimum absolute atomic E-state index is 0.106. The third-order valence-corrected chi connectivity index (χ3v) is 3.64. The smallest absolute Gasteiger partial charge is 0.140 e. The molecule has 0 saturated heterocycles. The SMILES string of the molecule is CC(C)(C)c1cc(N)nc(C(C)(C)c2ccc(F)cc2)n1. The highest BCUT2D eigenvalue weighted by atomic mass is 19.1. The first kappa shape index (κ1) is 15.4. The van der Waals surface area contributed by atoms with Crippen molar-refractivity contribution < 1.29 is 4.39 Å². The third-order valence-electron chi connectivity index (χ3n) is 3.64. The van der Waals surface area contributed by atoms with Gasteiger partial charge in [-0.1, -0.05) is 32.9 Å². The summed E-state index contributed by atoms with van der Waals surface area (Å²) in [4.78, 5) is 9.08. The molecule has 0 atom stereocenters. The molecule has 0 aliphatic carbocycles. The summed E-state index contributed by atoms with van der Waals surface area (Å²) in [6.45, 7) is 10.3. The van der Waals surface area contributed by atoms with Gasteiger partial charge in [0.1, 0.15) is 17.5 Å². The molecule has 0 fully saturated rings. The second-order valence-corrected chi connectivity index (χ2v) is 6.88. The third kappa shape index (κ3) is 3.20. The summed E-state index contributed by atoms with van der Waals surface area (Å²) in [5.74, 6) is 0.859. The zero-order valence-corrected chi connectivity index (χ0v) is 13.2. The molecule has 0 saturated carbocycles. The molecule has 0 spiro atoms. The number of nitrogen functional groups attached to an aromatic ring is 1. The predicted octanol–water partition coefficient (Wildman–Crippen LogP) is 3.82. The molecule has 4 heteroatoms. The van der Waals surface area contributed by atoms with Crippen molar-refractivity contribution in [1.82, 2.24) is 9.97 Å². The molecule has 1 heterocycles. The van der Waals surface area contributed by atoms with Gasteiger partial charge in [0.05, 0.1) is 5.69 Å². The molecule has 3 nitrogen and oxygen atoms in total. The molecule has 0 bridgehead atoms. The van der Waals surface area contributed by atoms with E-state index in [1.54, 1.807) is 12.1 Å². The topological polar surface area (TPSA) is 51.8 Å². The molecule has 0 radical (unpaired) electrons. The summed E-state index contributed by atoms with van der Waals surface area (Å²) in [6.07, 6.45) is 0. The van der Waals surface area contributed by atoms with Crippen molar-refractivity contribution in [3.63, 3.8) is 0 Å². The molecule has 0 aliphatic heterocycles. The maximum absolute atomic E-state index is 13.1. The van der Waals surface area contributed by atoms with Crippen LogP contribution >= 0.6 is 0 Å². The summed E-state index contributed by atoms with van der Waals surface area (Å²) in [5.41, 5.74) is 7.25. The molecule has 2 rings (SSSR count). The highest BCUT2D eigenvalue weighted by Gasteiger charge is 2.29. The number of anilines is 1. The van der Waals surface area contributed by atoms with Crippen LogP contribution < -0.4 is 5.73 Å². The molecule has 21 heavy (non-hydrogen) atoms. The van der Waals surface area contributed by atoms with E-state index in [0.29, 0.717) is 11.6 Å². The summed E-state index contributed by atoms with van der Waals surface area (Å²) >= 11 is 0. The Morgan fingerprint density at radius 1 is 0.952 bits per heavy atom. The monoisotopic (exact) mass is 287 g/mol. The average Bonchev–Trinajstić information content (AvgIpc) is 2.37. The lowest BCUT2D eigenvalue weighted by atomic mass is 9.83. The van der Waals surface area contributed by atoms with Crippen LogP contribution in [0, 0.1) is 5.82 Å². The van der Waals surface area contributed by atoms with Crippen LogP contribution in [0.3, 0.4) is 0 Å². The Bertz CT molecular complexity index is 640. The van der Waals surface area contributed by atoms with E-state index in [1.165, 1.54) is 12.1 Å². The number of nitrogens with two attached hydrogens (primary N) is 1. The van der Waals surface area contributed by atoms with Crippen LogP contribution in [0.2, 0.25) is 0 Å². The predicted molar refractivity (Wildman–Crippen MR) is 83.7 cm³/mol. The van der Waals surface area contributed by atoms with Gasteiger partial charge < -0.3 is 5.73 Å². The molecular weight excluding hydrogens is 265 g/mol. The second kappa shape index (κ2) is 5.10. The Balaban J connectivity index is 2.54. The first-order chi connectivity index (χ1) is 9.60. The minimum Gasteiger partial charge on any atom is -0.384 e. The molecule has 2 N–H and O–H groups in total. The summed E-state index contributed by atoms with van der Waals surface area (Å²) in [5, 5.41) is 0. The first-order valence-electron chi connectivity index (χ1n) is 7.02. The summed E-state index contributed by atoms with van der Waals surface area (Å²) in [7, 11) is 0. The van der Waals surface area contributed by atoms with E-state index in [4.69, 9.17) is 10.7 Å². The van der Waals surface area contributed by atoms with Gasteiger partial charge in [0.2, 0.25) is 0 Å². The number of rotatable bonds is 2. The largest absolute Gasteiger partial charge is 0.384 e. The fourth-order valence-corrected chi connectivity index (χ4v) is 2.13. The zero-order chi connectivity index (χ0) is 15.8. The van der Waals surface area contributed by atoms with Crippen LogP contribution in [-0.4, -0.2) is 9.97 Å². The van der Waals surface area contributed by atoms with E-state index >= 15 is 0 Å². The van der Waals surface area contributed by atoms with Crippen molar-refractivity contribution in [2.24, 2.45) is 0 Å². The standard InChI is InChI=1S/C17H22FN3/c1-16(2,3)13-10-14(19)21-15(20-13)17(4,5)11-6-8-12(18)9-7-11/h6-10H,1-5H3,(H2,19,20,21). The Morgan fingerprint density at radius 3 is 2.05 bits per heavy atom. The van der Waals surface area contributed by atoms with Crippen molar-refractivity contribution >= 4 is 5.82 Å². The molecular formula is C17H22FN3. The highest BCUT2D eigenvalue weighted by Crippen LogP contribution is 2.31. The van der Waals surface area contributed by atoms with E-state index in [1.807, 2.05) is 19.9 Å². The van der Waals surface area contributed by atoms with Crippen LogP contribution in [0.15, 0.2) is 30.3 Å². The number of aromatic nitrogens is 2. The maximum atomic E-state index is 13.1. The molecule has 2 aromatic rings. The molecule has 0 aliphatic rings. The van der Waals surface area contributed by atoms with E-state index < -0.39 is 5.41 Å². The van der Waals surface area contributed by atoms with Gasteiger partial charge in [-0.05, 0) is 31.5 Å². The van der Waals surface area contributed by atoms with Crippen molar-refractivity contribution in [3.05, 3.63) is 53.2 Å².